The van der Waals surface area contributed by atoms with Crippen LogP contribution in [-0.2, 0) is 0 Å². The zero-order chi connectivity index (χ0) is 7.72. The molecule has 0 aromatic carbocycles. The van der Waals surface area contributed by atoms with E-state index in [1.807, 2.05) is 0 Å². The first-order chi connectivity index (χ1) is 4.63. The van der Waals surface area contributed by atoms with Crippen molar-refractivity contribution in [3.05, 3.63) is 19.4 Å². The summed E-state index contributed by atoms with van der Waals surface area (Å²) in [5.41, 5.74) is 6.08. The molecule has 1 heterocycles. The van der Waals surface area contributed by atoms with Gasteiger partial charge in [0, 0.05) is 6.20 Å². The number of nitrogens with zero attached hydrogens (tertiary/aromatic N) is 1. The summed E-state index contributed by atoms with van der Waals surface area (Å²) in [4.78, 5) is 3.83. The zero-order valence-electron chi connectivity index (χ0n) is 4.74. The van der Waals surface area contributed by atoms with Crippen LogP contribution in [0.1, 0.15) is 0 Å². The lowest BCUT2D eigenvalue weighted by Crippen LogP contribution is -1.93. The number of anilines is 1. The topological polar surface area (TPSA) is 38.9 Å². The Labute approximate surface area is 85.4 Å². The first-order valence-corrected chi connectivity index (χ1v) is 4.63. The van der Waals surface area contributed by atoms with Gasteiger partial charge in [0.15, 0.2) is 5.15 Å². The molecule has 0 spiro atoms. The molecule has 54 valence electrons. The van der Waals surface area contributed by atoms with E-state index in [2.05, 4.69) is 43.5 Å². The summed E-state index contributed by atoms with van der Waals surface area (Å²) in [6.45, 7) is 0. The summed E-state index contributed by atoms with van der Waals surface area (Å²) < 4.78 is 1.77. The van der Waals surface area contributed by atoms with Crippen LogP contribution in [0.2, 0.25) is 5.15 Å². The van der Waals surface area contributed by atoms with Gasteiger partial charge in [0.2, 0.25) is 0 Å². The van der Waals surface area contributed by atoms with Gasteiger partial charge in [-0.3, -0.25) is 0 Å². The highest BCUT2D eigenvalue weighted by molar-refractivity contribution is 14.1. The minimum absolute atomic E-state index is 0.354. The third kappa shape index (κ3) is 1.54. The largest absolute Gasteiger partial charge is 0.395 e. The van der Waals surface area contributed by atoms with Crippen molar-refractivity contribution in [2.75, 3.05) is 5.73 Å². The molecule has 1 aromatic rings. The average Bonchev–Trinajstić information content (AvgIpc) is 1.93. The number of hydrogen-bond donors (Lipinski definition) is 1. The lowest BCUT2D eigenvalue weighted by molar-refractivity contribution is 1.30. The monoisotopic (exact) mass is 332 g/mol. The molecule has 0 unspecified atom stereocenters. The summed E-state index contributed by atoms with van der Waals surface area (Å²) in [6.07, 6.45) is 1.63. The van der Waals surface area contributed by atoms with Crippen LogP contribution in [0.5, 0.6) is 0 Å². The number of nitrogens with two attached hydrogens (primary N) is 1. The normalized spacial score (nSPS) is 9.90. The van der Waals surface area contributed by atoms with Crippen LogP contribution in [0.4, 0.5) is 5.69 Å². The second kappa shape index (κ2) is 3.23. The van der Waals surface area contributed by atoms with E-state index in [-0.39, 0.29) is 0 Å². The Hall–Kier alpha value is 0.450. The van der Waals surface area contributed by atoms with E-state index in [1.165, 1.54) is 0 Å². The van der Waals surface area contributed by atoms with Gasteiger partial charge in [-0.05, 0) is 38.5 Å². The average molecular weight is 333 g/mol. The van der Waals surface area contributed by atoms with Crippen LogP contribution >= 0.6 is 50.1 Å². The van der Waals surface area contributed by atoms with E-state index in [0.717, 1.165) is 8.04 Å². The van der Waals surface area contributed by atoms with E-state index in [0.29, 0.717) is 10.8 Å². The van der Waals surface area contributed by atoms with Crippen molar-refractivity contribution < 1.29 is 0 Å². The number of nitrogen functional groups attached to an aromatic ring is 1. The Morgan fingerprint density at radius 2 is 2.30 bits per heavy atom. The molecule has 0 aliphatic rings. The Bertz CT molecular complexity index is 239. The molecular weight excluding hydrogens is 330 g/mol. The lowest BCUT2D eigenvalue weighted by Gasteiger charge is -2.00. The van der Waals surface area contributed by atoms with Crippen molar-refractivity contribution in [1.82, 2.24) is 4.98 Å². The molecule has 0 radical (unpaired) electrons. The standard InChI is InChI=1S/C5H3BrClIN2/c6-2-1-10-5(7)4(9)3(2)8/h1H,9H2. The molecular formula is C5H3BrClIN2. The summed E-state index contributed by atoms with van der Waals surface area (Å²) in [5, 5.41) is 0.354. The van der Waals surface area contributed by atoms with Crippen molar-refractivity contribution in [3.8, 4) is 0 Å². The van der Waals surface area contributed by atoms with Crippen LogP contribution in [0.15, 0.2) is 10.7 Å². The summed E-state index contributed by atoms with van der Waals surface area (Å²) in [5.74, 6) is 0. The number of rotatable bonds is 0. The minimum Gasteiger partial charge on any atom is -0.395 e. The molecule has 2 N–H and O–H groups in total. The molecule has 0 saturated carbocycles. The molecule has 5 heteroatoms. The molecule has 2 nitrogen and oxygen atoms in total. The molecule has 0 aliphatic heterocycles. The number of halogens is 3. The number of pyridine rings is 1. The fourth-order valence-electron chi connectivity index (χ4n) is 0.459. The van der Waals surface area contributed by atoms with Gasteiger partial charge in [-0.2, -0.15) is 0 Å². The lowest BCUT2D eigenvalue weighted by atomic mass is 10.4. The highest BCUT2D eigenvalue weighted by Gasteiger charge is 2.04. The Morgan fingerprint density at radius 3 is 2.80 bits per heavy atom. The molecule has 0 amide bonds. The van der Waals surface area contributed by atoms with Crippen LogP contribution < -0.4 is 5.73 Å². The first-order valence-electron chi connectivity index (χ1n) is 2.38. The van der Waals surface area contributed by atoms with E-state index < -0.39 is 0 Å². The molecule has 1 rings (SSSR count). The Kier molecular flexibility index (Phi) is 2.76. The van der Waals surface area contributed by atoms with Gasteiger partial charge in [0.1, 0.15) is 0 Å². The van der Waals surface area contributed by atoms with Gasteiger partial charge in [-0.15, -0.1) is 0 Å². The van der Waals surface area contributed by atoms with E-state index in [1.54, 1.807) is 6.20 Å². The van der Waals surface area contributed by atoms with Gasteiger partial charge < -0.3 is 5.73 Å². The molecule has 0 fully saturated rings. The Morgan fingerprint density at radius 1 is 1.70 bits per heavy atom. The van der Waals surface area contributed by atoms with Crippen LogP contribution in [-0.4, -0.2) is 4.98 Å². The fourth-order valence-corrected chi connectivity index (χ4v) is 1.47. The van der Waals surface area contributed by atoms with E-state index in [9.17, 15) is 0 Å². The van der Waals surface area contributed by atoms with Crippen molar-refractivity contribution >= 4 is 55.8 Å². The second-order valence-corrected chi connectivity index (χ2v) is 3.92. The van der Waals surface area contributed by atoms with Gasteiger partial charge in [-0.1, -0.05) is 11.6 Å². The highest BCUT2D eigenvalue weighted by atomic mass is 127. The molecule has 0 aliphatic carbocycles. The SMILES string of the molecule is Nc1c(Cl)ncc(Br)c1I. The van der Waals surface area contributed by atoms with Crippen molar-refractivity contribution in [1.29, 1.82) is 0 Å². The zero-order valence-corrected chi connectivity index (χ0v) is 9.24. The van der Waals surface area contributed by atoms with Gasteiger partial charge >= 0.3 is 0 Å². The number of aromatic nitrogens is 1. The molecule has 0 atom stereocenters. The van der Waals surface area contributed by atoms with Gasteiger partial charge in [0.25, 0.3) is 0 Å². The molecule has 0 saturated heterocycles. The third-order valence-corrected chi connectivity index (χ3v) is 3.77. The van der Waals surface area contributed by atoms with Gasteiger partial charge in [0.05, 0.1) is 13.7 Å². The minimum atomic E-state index is 0.354. The van der Waals surface area contributed by atoms with Crippen LogP contribution in [0.25, 0.3) is 0 Å². The summed E-state index contributed by atoms with van der Waals surface area (Å²) in [7, 11) is 0. The maximum Gasteiger partial charge on any atom is 0.153 e. The maximum absolute atomic E-state index is 5.62. The highest BCUT2D eigenvalue weighted by Crippen LogP contribution is 2.28. The smallest absolute Gasteiger partial charge is 0.153 e. The predicted octanol–water partition coefficient (Wildman–Crippen LogP) is 2.68. The molecule has 1 aromatic heterocycles. The Balaban J connectivity index is 3.34. The van der Waals surface area contributed by atoms with Crippen LogP contribution in [0, 0.1) is 3.57 Å². The van der Waals surface area contributed by atoms with Crippen molar-refractivity contribution in [2.24, 2.45) is 0 Å². The quantitative estimate of drug-likeness (QED) is 0.586. The van der Waals surface area contributed by atoms with E-state index >= 15 is 0 Å². The fraction of sp³-hybridized carbons (Fsp3) is 0. The van der Waals surface area contributed by atoms with Crippen LogP contribution in [0.3, 0.4) is 0 Å². The maximum atomic E-state index is 5.62. The molecule has 10 heavy (non-hydrogen) atoms. The summed E-state index contributed by atoms with van der Waals surface area (Å²) in [6, 6.07) is 0. The van der Waals surface area contributed by atoms with E-state index in [4.69, 9.17) is 17.3 Å². The number of hydrogen-bond acceptors (Lipinski definition) is 2. The van der Waals surface area contributed by atoms with Crippen molar-refractivity contribution in [3.63, 3.8) is 0 Å². The third-order valence-electron chi connectivity index (χ3n) is 0.960. The second-order valence-electron chi connectivity index (χ2n) is 1.62. The summed E-state index contributed by atoms with van der Waals surface area (Å²) >= 11 is 11.0. The van der Waals surface area contributed by atoms with Gasteiger partial charge in [-0.25, -0.2) is 4.98 Å². The van der Waals surface area contributed by atoms with Crippen molar-refractivity contribution in [2.45, 2.75) is 0 Å². The first kappa shape index (κ1) is 8.55. The predicted molar refractivity (Wildman–Crippen MR) is 54.1 cm³/mol. The molecule has 0 bridgehead atoms.